The molecule has 0 fully saturated rings. The lowest BCUT2D eigenvalue weighted by molar-refractivity contribution is -0.137. The zero-order chi connectivity index (χ0) is 11.5. The first kappa shape index (κ1) is 11.6. The zero-order valence-corrected chi connectivity index (χ0v) is 8.17. The Kier molecular flexibility index (Phi) is 3.34. The van der Waals surface area contributed by atoms with Crippen molar-refractivity contribution in [1.29, 1.82) is 0 Å². The van der Waals surface area contributed by atoms with E-state index in [1.165, 1.54) is 12.1 Å². The third kappa shape index (κ3) is 3.61. The Hall–Kier alpha value is -1.52. The molecule has 0 atom stereocenters. The number of nitrogens with two attached hydrogens (primary N) is 1. The lowest BCUT2D eigenvalue weighted by atomic mass is 10.1. The second-order valence-electron chi connectivity index (χ2n) is 3.15. The Morgan fingerprint density at radius 3 is 2.20 bits per heavy atom. The Bertz CT molecular complexity index is 348. The maximum absolute atomic E-state index is 12.2. The van der Waals surface area contributed by atoms with E-state index in [-0.39, 0.29) is 0 Å². The fourth-order valence-electron chi connectivity index (χ4n) is 1.02. The molecule has 1 rings (SSSR count). The fourth-order valence-corrected chi connectivity index (χ4v) is 1.02. The van der Waals surface area contributed by atoms with Gasteiger partial charge in [-0.25, -0.2) is 0 Å². The van der Waals surface area contributed by atoms with Gasteiger partial charge in [-0.3, -0.25) is 4.99 Å². The molecule has 2 N–H and O–H groups in total. The van der Waals surface area contributed by atoms with Gasteiger partial charge in [-0.2, -0.15) is 13.2 Å². The third-order valence-electron chi connectivity index (χ3n) is 1.79. The molecule has 0 aliphatic rings. The van der Waals surface area contributed by atoms with Crippen LogP contribution in [0.2, 0.25) is 0 Å². The number of alkyl halides is 3. The van der Waals surface area contributed by atoms with E-state index in [9.17, 15) is 13.2 Å². The van der Waals surface area contributed by atoms with Gasteiger partial charge in [0.05, 0.1) is 17.9 Å². The SMILES string of the molecule is CC(N)=NCc1ccc(C(F)(F)F)cc1. The molecule has 0 aliphatic heterocycles. The van der Waals surface area contributed by atoms with E-state index in [2.05, 4.69) is 4.99 Å². The molecular formula is C10H11F3N2. The molecule has 82 valence electrons. The van der Waals surface area contributed by atoms with Crippen molar-refractivity contribution in [2.24, 2.45) is 10.7 Å². The van der Waals surface area contributed by atoms with Crippen molar-refractivity contribution in [3.05, 3.63) is 35.4 Å². The van der Waals surface area contributed by atoms with Crippen molar-refractivity contribution in [3.8, 4) is 0 Å². The molecule has 0 amide bonds. The van der Waals surface area contributed by atoms with E-state index in [0.29, 0.717) is 17.9 Å². The van der Waals surface area contributed by atoms with E-state index in [0.717, 1.165) is 12.1 Å². The van der Waals surface area contributed by atoms with Crippen LogP contribution in [0.1, 0.15) is 18.1 Å². The molecule has 0 spiro atoms. The van der Waals surface area contributed by atoms with E-state index in [1.807, 2.05) is 0 Å². The van der Waals surface area contributed by atoms with Crippen LogP contribution in [-0.4, -0.2) is 5.84 Å². The van der Waals surface area contributed by atoms with Crippen molar-refractivity contribution in [2.45, 2.75) is 19.6 Å². The number of aliphatic imine (C=N–C) groups is 1. The van der Waals surface area contributed by atoms with E-state index < -0.39 is 11.7 Å². The monoisotopic (exact) mass is 216 g/mol. The average Bonchev–Trinajstić information content (AvgIpc) is 2.14. The Morgan fingerprint density at radius 2 is 1.80 bits per heavy atom. The highest BCUT2D eigenvalue weighted by molar-refractivity contribution is 5.77. The molecule has 1 aromatic rings. The van der Waals surface area contributed by atoms with Gasteiger partial charge in [-0.1, -0.05) is 12.1 Å². The quantitative estimate of drug-likeness (QED) is 0.598. The number of hydrogen-bond donors (Lipinski definition) is 1. The number of nitrogens with zero attached hydrogens (tertiary/aromatic N) is 1. The number of hydrogen-bond acceptors (Lipinski definition) is 1. The van der Waals surface area contributed by atoms with Gasteiger partial charge in [-0.15, -0.1) is 0 Å². The van der Waals surface area contributed by atoms with Crippen LogP contribution in [0.25, 0.3) is 0 Å². The van der Waals surface area contributed by atoms with Crippen molar-refractivity contribution >= 4 is 5.84 Å². The highest BCUT2D eigenvalue weighted by Crippen LogP contribution is 2.29. The van der Waals surface area contributed by atoms with Crippen LogP contribution in [0.5, 0.6) is 0 Å². The topological polar surface area (TPSA) is 38.4 Å². The van der Waals surface area contributed by atoms with Gasteiger partial charge < -0.3 is 5.73 Å². The van der Waals surface area contributed by atoms with Crippen LogP contribution in [0, 0.1) is 0 Å². The van der Waals surface area contributed by atoms with Gasteiger partial charge in [0.25, 0.3) is 0 Å². The summed E-state index contributed by atoms with van der Waals surface area (Å²) in [6.45, 7) is 1.94. The minimum Gasteiger partial charge on any atom is -0.388 e. The van der Waals surface area contributed by atoms with Crippen molar-refractivity contribution in [2.75, 3.05) is 0 Å². The molecule has 0 aromatic heterocycles. The highest BCUT2D eigenvalue weighted by atomic mass is 19.4. The molecule has 0 saturated heterocycles. The second-order valence-corrected chi connectivity index (χ2v) is 3.15. The van der Waals surface area contributed by atoms with E-state index >= 15 is 0 Å². The van der Waals surface area contributed by atoms with Crippen molar-refractivity contribution in [1.82, 2.24) is 0 Å². The summed E-state index contributed by atoms with van der Waals surface area (Å²) in [4.78, 5) is 3.90. The van der Waals surface area contributed by atoms with E-state index in [1.54, 1.807) is 6.92 Å². The van der Waals surface area contributed by atoms with Crippen LogP contribution in [-0.2, 0) is 12.7 Å². The van der Waals surface area contributed by atoms with Crippen LogP contribution in [0.15, 0.2) is 29.3 Å². The molecule has 5 heteroatoms. The molecule has 1 aromatic carbocycles. The van der Waals surface area contributed by atoms with Gasteiger partial charge >= 0.3 is 6.18 Å². The standard InChI is InChI=1S/C10H11F3N2/c1-7(14)15-6-8-2-4-9(5-3-8)10(11,12)13/h2-5H,6H2,1H3,(H2,14,15). The summed E-state index contributed by atoms with van der Waals surface area (Å²) in [7, 11) is 0. The van der Waals surface area contributed by atoms with Crippen molar-refractivity contribution < 1.29 is 13.2 Å². The lowest BCUT2D eigenvalue weighted by Crippen LogP contribution is -2.06. The molecule has 2 nitrogen and oxygen atoms in total. The average molecular weight is 216 g/mol. The summed E-state index contributed by atoms with van der Waals surface area (Å²) in [6.07, 6.45) is -4.29. The predicted molar refractivity (Wildman–Crippen MR) is 52.4 cm³/mol. The van der Waals surface area contributed by atoms with Gasteiger partial charge in [0, 0.05) is 0 Å². The number of halogens is 3. The summed E-state index contributed by atoms with van der Waals surface area (Å²) in [5.74, 6) is 0.412. The lowest BCUT2D eigenvalue weighted by Gasteiger charge is -2.06. The van der Waals surface area contributed by atoms with Crippen LogP contribution in [0.3, 0.4) is 0 Å². The van der Waals surface area contributed by atoms with Crippen LogP contribution >= 0.6 is 0 Å². The maximum atomic E-state index is 12.2. The first-order valence-electron chi connectivity index (χ1n) is 4.32. The maximum Gasteiger partial charge on any atom is 0.416 e. The minimum absolute atomic E-state index is 0.306. The first-order chi connectivity index (χ1) is 6.89. The third-order valence-corrected chi connectivity index (χ3v) is 1.79. The summed E-state index contributed by atoms with van der Waals surface area (Å²) in [5.41, 5.74) is 5.36. The molecular weight excluding hydrogens is 205 g/mol. The Morgan fingerprint density at radius 1 is 1.27 bits per heavy atom. The molecule has 0 heterocycles. The second kappa shape index (κ2) is 4.33. The summed E-state index contributed by atoms with van der Waals surface area (Å²) < 4.78 is 36.6. The molecule has 0 bridgehead atoms. The summed E-state index contributed by atoms with van der Waals surface area (Å²) in [6, 6.07) is 4.87. The zero-order valence-electron chi connectivity index (χ0n) is 8.17. The Balaban J connectivity index is 2.77. The van der Waals surface area contributed by atoms with Gasteiger partial charge in [0.1, 0.15) is 0 Å². The number of rotatable bonds is 2. The van der Waals surface area contributed by atoms with Crippen molar-refractivity contribution in [3.63, 3.8) is 0 Å². The molecule has 15 heavy (non-hydrogen) atoms. The molecule has 0 aliphatic carbocycles. The normalized spacial score (nSPS) is 12.9. The Labute approximate surface area is 85.6 Å². The van der Waals surface area contributed by atoms with Crippen LogP contribution < -0.4 is 5.73 Å². The van der Waals surface area contributed by atoms with Gasteiger partial charge in [-0.05, 0) is 24.6 Å². The molecule has 0 unspecified atom stereocenters. The number of benzene rings is 1. The highest BCUT2D eigenvalue weighted by Gasteiger charge is 2.29. The minimum atomic E-state index is -4.29. The summed E-state index contributed by atoms with van der Waals surface area (Å²) in [5, 5.41) is 0. The smallest absolute Gasteiger partial charge is 0.388 e. The van der Waals surface area contributed by atoms with Gasteiger partial charge in [0.2, 0.25) is 0 Å². The number of amidine groups is 1. The van der Waals surface area contributed by atoms with E-state index in [4.69, 9.17) is 5.73 Å². The predicted octanol–water partition coefficient (Wildman–Crippen LogP) is 2.58. The van der Waals surface area contributed by atoms with Crippen LogP contribution in [0.4, 0.5) is 13.2 Å². The summed E-state index contributed by atoms with van der Waals surface area (Å²) >= 11 is 0. The molecule has 0 radical (unpaired) electrons. The largest absolute Gasteiger partial charge is 0.416 e. The fraction of sp³-hybridized carbons (Fsp3) is 0.300. The molecule has 0 saturated carbocycles. The van der Waals surface area contributed by atoms with Gasteiger partial charge in [0.15, 0.2) is 0 Å². The first-order valence-corrected chi connectivity index (χ1v) is 4.32.